The standard InChI is InChI=1S/C9H7NO2/c11-9(7-3-1-5-10-7)8-4-2-6-12-8/h1-6,10H. The molecule has 1 N–H and O–H groups in total. The van der Waals surface area contributed by atoms with E-state index in [0.29, 0.717) is 11.5 Å². The van der Waals surface area contributed by atoms with Crippen LogP contribution in [0.4, 0.5) is 0 Å². The van der Waals surface area contributed by atoms with Gasteiger partial charge in [0.25, 0.3) is 0 Å². The number of aromatic nitrogens is 1. The number of furan rings is 1. The molecule has 12 heavy (non-hydrogen) atoms. The van der Waals surface area contributed by atoms with Gasteiger partial charge in [-0.05, 0) is 24.3 Å². The maximum atomic E-state index is 11.4. The quantitative estimate of drug-likeness (QED) is 0.683. The molecular formula is C9H7NO2. The van der Waals surface area contributed by atoms with Gasteiger partial charge in [0, 0.05) is 6.20 Å². The number of ketones is 1. The molecule has 0 bridgehead atoms. The molecule has 2 heterocycles. The van der Waals surface area contributed by atoms with E-state index in [4.69, 9.17) is 4.42 Å². The fourth-order valence-corrected chi connectivity index (χ4v) is 1.01. The van der Waals surface area contributed by atoms with Gasteiger partial charge in [0.05, 0.1) is 12.0 Å². The highest BCUT2D eigenvalue weighted by atomic mass is 16.3. The van der Waals surface area contributed by atoms with E-state index in [-0.39, 0.29) is 5.78 Å². The summed E-state index contributed by atoms with van der Waals surface area (Å²) in [6.45, 7) is 0. The predicted molar refractivity (Wildman–Crippen MR) is 42.9 cm³/mol. The van der Waals surface area contributed by atoms with Gasteiger partial charge in [-0.3, -0.25) is 4.79 Å². The first kappa shape index (κ1) is 6.91. The van der Waals surface area contributed by atoms with E-state index in [1.165, 1.54) is 6.26 Å². The van der Waals surface area contributed by atoms with Crippen LogP contribution in [-0.2, 0) is 0 Å². The molecule has 0 radical (unpaired) electrons. The highest BCUT2D eigenvalue weighted by molar-refractivity contribution is 6.05. The van der Waals surface area contributed by atoms with E-state index in [1.807, 2.05) is 0 Å². The van der Waals surface area contributed by atoms with Crippen molar-refractivity contribution in [3.8, 4) is 0 Å². The van der Waals surface area contributed by atoms with Crippen molar-refractivity contribution in [2.75, 3.05) is 0 Å². The highest BCUT2D eigenvalue weighted by Crippen LogP contribution is 2.07. The van der Waals surface area contributed by atoms with Crippen LogP contribution in [0.1, 0.15) is 16.2 Å². The van der Waals surface area contributed by atoms with Gasteiger partial charge in [0.2, 0.25) is 5.78 Å². The Balaban J connectivity index is 2.34. The molecule has 0 saturated carbocycles. The van der Waals surface area contributed by atoms with Crippen LogP contribution in [0.3, 0.4) is 0 Å². The number of hydrogen-bond donors (Lipinski definition) is 1. The number of rotatable bonds is 2. The van der Waals surface area contributed by atoms with Gasteiger partial charge in [-0.1, -0.05) is 0 Å². The van der Waals surface area contributed by atoms with Crippen molar-refractivity contribution >= 4 is 5.78 Å². The van der Waals surface area contributed by atoms with Gasteiger partial charge in [0.1, 0.15) is 0 Å². The first-order chi connectivity index (χ1) is 5.88. The average molecular weight is 161 g/mol. The Hall–Kier alpha value is -1.77. The molecule has 0 aliphatic rings. The highest BCUT2D eigenvalue weighted by Gasteiger charge is 2.11. The summed E-state index contributed by atoms with van der Waals surface area (Å²) in [6.07, 6.45) is 3.19. The maximum Gasteiger partial charge on any atom is 0.244 e. The molecular weight excluding hydrogens is 154 g/mol. The Morgan fingerprint density at radius 3 is 2.83 bits per heavy atom. The molecule has 0 saturated heterocycles. The lowest BCUT2D eigenvalue weighted by atomic mass is 10.2. The minimum Gasteiger partial charge on any atom is -0.461 e. The zero-order chi connectivity index (χ0) is 8.39. The van der Waals surface area contributed by atoms with Crippen LogP contribution in [0.2, 0.25) is 0 Å². The van der Waals surface area contributed by atoms with Gasteiger partial charge < -0.3 is 9.40 Å². The number of aromatic amines is 1. The molecule has 0 amide bonds. The molecule has 0 fully saturated rings. The lowest BCUT2D eigenvalue weighted by molar-refractivity contribution is 0.100. The number of H-pyrrole nitrogens is 1. The predicted octanol–water partition coefficient (Wildman–Crippen LogP) is 1.84. The zero-order valence-electron chi connectivity index (χ0n) is 6.28. The van der Waals surface area contributed by atoms with Gasteiger partial charge in [-0.25, -0.2) is 0 Å². The van der Waals surface area contributed by atoms with Crippen LogP contribution in [-0.4, -0.2) is 10.8 Å². The first-order valence-corrected chi connectivity index (χ1v) is 3.59. The first-order valence-electron chi connectivity index (χ1n) is 3.59. The fraction of sp³-hybridized carbons (Fsp3) is 0. The van der Waals surface area contributed by atoms with Crippen LogP contribution in [0.5, 0.6) is 0 Å². The summed E-state index contributed by atoms with van der Waals surface area (Å²) in [5.41, 5.74) is 0.546. The Bertz CT molecular complexity index is 323. The SMILES string of the molecule is O=C(c1ccc[nH]1)c1ccco1. The van der Waals surface area contributed by atoms with Crippen molar-refractivity contribution in [3.63, 3.8) is 0 Å². The molecule has 3 heteroatoms. The topological polar surface area (TPSA) is 46.0 Å². The maximum absolute atomic E-state index is 11.4. The molecule has 2 rings (SSSR count). The van der Waals surface area contributed by atoms with E-state index in [1.54, 1.807) is 30.5 Å². The van der Waals surface area contributed by atoms with E-state index >= 15 is 0 Å². The van der Waals surface area contributed by atoms with Crippen molar-refractivity contribution < 1.29 is 9.21 Å². The fourth-order valence-electron chi connectivity index (χ4n) is 1.01. The van der Waals surface area contributed by atoms with Crippen LogP contribution in [0.15, 0.2) is 41.1 Å². The molecule has 0 spiro atoms. The summed E-state index contributed by atoms with van der Waals surface area (Å²) in [5, 5.41) is 0. The summed E-state index contributed by atoms with van der Waals surface area (Å²) < 4.78 is 4.95. The van der Waals surface area contributed by atoms with Crippen molar-refractivity contribution in [2.24, 2.45) is 0 Å². The lowest BCUT2D eigenvalue weighted by Gasteiger charge is -1.90. The summed E-state index contributed by atoms with van der Waals surface area (Å²) in [5.74, 6) is 0.238. The van der Waals surface area contributed by atoms with Gasteiger partial charge >= 0.3 is 0 Å². The van der Waals surface area contributed by atoms with Gasteiger partial charge in [-0.15, -0.1) is 0 Å². The molecule has 60 valence electrons. The third-order valence-electron chi connectivity index (χ3n) is 1.59. The number of nitrogens with one attached hydrogen (secondary N) is 1. The second kappa shape index (κ2) is 2.70. The Morgan fingerprint density at radius 2 is 2.25 bits per heavy atom. The monoisotopic (exact) mass is 161 g/mol. The Morgan fingerprint density at radius 1 is 1.33 bits per heavy atom. The molecule has 0 aliphatic carbocycles. The number of hydrogen-bond acceptors (Lipinski definition) is 2. The summed E-state index contributed by atoms with van der Waals surface area (Å²) in [6, 6.07) is 6.82. The molecule has 2 aromatic heterocycles. The number of carbonyl (C=O) groups is 1. The van der Waals surface area contributed by atoms with Crippen molar-refractivity contribution in [1.82, 2.24) is 4.98 Å². The summed E-state index contributed by atoms with van der Waals surface area (Å²) in [7, 11) is 0. The molecule has 0 unspecified atom stereocenters. The number of carbonyl (C=O) groups excluding carboxylic acids is 1. The van der Waals surface area contributed by atoms with E-state index < -0.39 is 0 Å². The van der Waals surface area contributed by atoms with Crippen molar-refractivity contribution in [1.29, 1.82) is 0 Å². The van der Waals surface area contributed by atoms with Crippen molar-refractivity contribution in [2.45, 2.75) is 0 Å². The minimum absolute atomic E-state index is 0.120. The molecule has 2 aromatic rings. The molecule has 0 aromatic carbocycles. The lowest BCUT2D eigenvalue weighted by Crippen LogP contribution is -1.98. The third kappa shape index (κ3) is 1.05. The molecule has 0 atom stereocenters. The zero-order valence-corrected chi connectivity index (χ0v) is 6.28. The minimum atomic E-state index is -0.120. The molecule has 0 aliphatic heterocycles. The third-order valence-corrected chi connectivity index (χ3v) is 1.59. The summed E-state index contributed by atoms with van der Waals surface area (Å²) >= 11 is 0. The van der Waals surface area contributed by atoms with E-state index in [2.05, 4.69) is 4.98 Å². The summed E-state index contributed by atoms with van der Waals surface area (Å²) in [4.78, 5) is 14.3. The van der Waals surface area contributed by atoms with Crippen molar-refractivity contribution in [3.05, 3.63) is 48.2 Å². The molecule has 3 nitrogen and oxygen atoms in total. The van der Waals surface area contributed by atoms with Crippen LogP contribution < -0.4 is 0 Å². The van der Waals surface area contributed by atoms with Crippen LogP contribution in [0.25, 0.3) is 0 Å². The Kier molecular flexibility index (Phi) is 1.55. The van der Waals surface area contributed by atoms with E-state index in [9.17, 15) is 4.79 Å². The van der Waals surface area contributed by atoms with Crippen LogP contribution in [0, 0.1) is 0 Å². The van der Waals surface area contributed by atoms with Gasteiger partial charge in [0.15, 0.2) is 5.76 Å². The smallest absolute Gasteiger partial charge is 0.244 e. The average Bonchev–Trinajstić information content (AvgIpc) is 2.77. The van der Waals surface area contributed by atoms with Gasteiger partial charge in [-0.2, -0.15) is 0 Å². The normalized spacial score (nSPS) is 10.0. The Labute approximate surface area is 69.0 Å². The second-order valence-electron chi connectivity index (χ2n) is 2.39. The largest absolute Gasteiger partial charge is 0.461 e. The van der Waals surface area contributed by atoms with E-state index in [0.717, 1.165) is 0 Å². The van der Waals surface area contributed by atoms with Crippen LogP contribution >= 0.6 is 0 Å². The second-order valence-corrected chi connectivity index (χ2v) is 2.39.